The first-order valence-electron chi connectivity index (χ1n) is 8.99. The van der Waals surface area contributed by atoms with Crippen molar-refractivity contribution in [1.29, 1.82) is 0 Å². The van der Waals surface area contributed by atoms with E-state index in [0.717, 1.165) is 22.6 Å². The van der Waals surface area contributed by atoms with E-state index in [9.17, 15) is 14.9 Å². The summed E-state index contributed by atoms with van der Waals surface area (Å²) in [4.78, 5) is 23.0. The predicted octanol–water partition coefficient (Wildman–Crippen LogP) is 2.48. The number of methoxy groups -OCH3 is 1. The molecule has 2 heterocycles. The van der Waals surface area contributed by atoms with Gasteiger partial charge in [-0.05, 0) is 32.9 Å². The quantitative estimate of drug-likeness (QED) is 0.483. The number of aromatic nitrogens is 4. The fourth-order valence-corrected chi connectivity index (χ4v) is 3.03. The second kappa shape index (κ2) is 8.13. The normalized spacial score (nSPS) is 11.9. The van der Waals surface area contributed by atoms with E-state index < -0.39 is 11.0 Å². The molecule has 0 saturated heterocycles. The summed E-state index contributed by atoms with van der Waals surface area (Å²) in [6.07, 6.45) is 1.19. The molecule has 10 heteroatoms. The summed E-state index contributed by atoms with van der Waals surface area (Å²) in [6.45, 7) is 5.73. The summed E-state index contributed by atoms with van der Waals surface area (Å²) in [5, 5.41) is 22.5. The molecule has 0 aliphatic carbocycles. The molecule has 0 saturated carbocycles. The SMILES string of the molecule is COc1nn(C(C)C(=O)NCc2c(C)nn(-c3ccccc3)c2C)cc1[N+](=O)[O-]. The Morgan fingerprint density at radius 1 is 1.28 bits per heavy atom. The van der Waals surface area contributed by atoms with Crippen molar-refractivity contribution in [2.45, 2.75) is 33.4 Å². The molecular formula is C19H22N6O4. The fourth-order valence-electron chi connectivity index (χ4n) is 3.03. The summed E-state index contributed by atoms with van der Waals surface area (Å²) >= 11 is 0. The third-order valence-electron chi connectivity index (χ3n) is 4.73. The van der Waals surface area contributed by atoms with E-state index in [0.29, 0.717) is 0 Å². The third kappa shape index (κ3) is 3.96. The molecule has 3 aromatic rings. The standard InChI is InChI=1S/C19H22N6O4/c1-12-16(13(2)24(21-12)15-8-6-5-7-9-15)10-20-18(26)14(3)23-11-17(25(27)28)19(22-23)29-4/h5-9,11,14H,10H2,1-4H3,(H,20,26). The van der Waals surface area contributed by atoms with Crippen molar-refractivity contribution in [3.05, 3.63) is 63.6 Å². The van der Waals surface area contributed by atoms with Crippen LogP contribution >= 0.6 is 0 Å². The van der Waals surface area contributed by atoms with Crippen LogP contribution in [-0.4, -0.2) is 37.5 Å². The van der Waals surface area contributed by atoms with Crippen molar-refractivity contribution in [3.63, 3.8) is 0 Å². The number of nitrogens with one attached hydrogen (secondary N) is 1. The van der Waals surface area contributed by atoms with Gasteiger partial charge in [0.25, 0.3) is 0 Å². The van der Waals surface area contributed by atoms with Crippen LogP contribution in [0.2, 0.25) is 0 Å². The van der Waals surface area contributed by atoms with Gasteiger partial charge in [0.15, 0.2) is 0 Å². The number of benzene rings is 1. The third-order valence-corrected chi connectivity index (χ3v) is 4.73. The van der Waals surface area contributed by atoms with E-state index in [-0.39, 0.29) is 24.0 Å². The van der Waals surface area contributed by atoms with Crippen molar-refractivity contribution in [3.8, 4) is 11.6 Å². The molecule has 10 nitrogen and oxygen atoms in total. The molecule has 1 aromatic carbocycles. The Kier molecular flexibility index (Phi) is 5.62. The molecular weight excluding hydrogens is 376 g/mol. The Morgan fingerprint density at radius 2 is 1.97 bits per heavy atom. The predicted molar refractivity (Wildman–Crippen MR) is 105 cm³/mol. The van der Waals surface area contributed by atoms with Gasteiger partial charge >= 0.3 is 11.6 Å². The van der Waals surface area contributed by atoms with Crippen LogP contribution in [0.5, 0.6) is 5.88 Å². The van der Waals surface area contributed by atoms with Gasteiger partial charge in [0.1, 0.15) is 12.2 Å². The zero-order valence-electron chi connectivity index (χ0n) is 16.6. The Labute approximate surface area is 167 Å². The summed E-state index contributed by atoms with van der Waals surface area (Å²) in [6, 6.07) is 8.98. The summed E-state index contributed by atoms with van der Waals surface area (Å²) in [5.41, 5.74) is 3.31. The average molecular weight is 398 g/mol. The van der Waals surface area contributed by atoms with Crippen molar-refractivity contribution < 1.29 is 14.5 Å². The van der Waals surface area contributed by atoms with Crippen LogP contribution < -0.4 is 10.1 Å². The molecule has 0 bridgehead atoms. The second-order valence-corrected chi connectivity index (χ2v) is 6.55. The number of hydrogen-bond acceptors (Lipinski definition) is 6. The highest BCUT2D eigenvalue weighted by atomic mass is 16.6. The zero-order chi connectivity index (χ0) is 21.1. The van der Waals surface area contributed by atoms with Gasteiger partial charge in [-0.3, -0.25) is 14.9 Å². The first-order chi connectivity index (χ1) is 13.8. The minimum absolute atomic E-state index is 0.134. The topological polar surface area (TPSA) is 117 Å². The van der Waals surface area contributed by atoms with Crippen LogP contribution in [0, 0.1) is 24.0 Å². The van der Waals surface area contributed by atoms with Crippen molar-refractivity contribution in [2.75, 3.05) is 7.11 Å². The summed E-state index contributed by atoms with van der Waals surface area (Å²) in [7, 11) is 1.29. The molecule has 2 aromatic heterocycles. The van der Waals surface area contributed by atoms with E-state index >= 15 is 0 Å². The molecule has 1 unspecified atom stereocenters. The van der Waals surface area contributed by atoms with E-state index in [1.54, 1.807) is 6.92 Å². The van der Waals surface area contributed by atoms with Crippen LogP contribution in [0.25, 0.3) is 5.69 Å². The molecule has 0 aliphatic heterocycles. The van der Waals surface area contributed by atoms with E-state index in [4.69, 9.17) is 4.74 Å². The van der Waals surface area contributed by atoms with Gasteiger partial charge in [-0.2, -0.15) is 5.10 Å². The highest BCUT2D eigenvalue weighted by Gasteiger charge is 2.25. The maximum Gasteiger partial charge on any atom is 0.350 e. The molecule has 0 fully saturated rings. The smallest absolute Gasteiger partial charge is 0.350 e. The van der Waals surface area contributed by atoms with Crippen LogP contribution in [0.3, 0.4) is 0 Å². The molecule has 3 rings (SSSR count). The van der Waals surface area contributed by atoms with Gasteiger partial charge in [0.05, 0.1) is 23.4 Å². The fraction of sp³-hybridized carbons (Fsp3) is 0.316. The molecule has 0 radical (unpaired) electrons. The van der Waals surface area contributed by atoms with Crippen LogP contribution in [0.4, 0.5) is 5.69 Å². The zero-order valence-corrected chi connectivity index (χ0v) is 16.6. The van der Waals surface area contributed by atoms with Gasteiger partial charge in [-0.15, -0.1) is 5.10 Å². The lowest BCUT2D eigenvalue weighted by atomic mass is 10.2. The summed E-state index contributed by atoms with van der Waals surface area (Å²) < 4.78 is 7.96. The Hall–Kier alpha value is -3.69. The number of amides is 1. The van der Waals surface area contributed by atoms with Gasteiger partial charge in [0.2, 0.25) is 5.91 Å². The minimum atomic E-state index is -0.748. The Morgan fingerprint density at radius 3 is 2.55 bits per heavy atom. The van der Waals surface area contributed by atoms with Crippen LogP contribution in [0.15, 0.2) is 36.5 Å². The highest BCUT2D eigenvalue weighted by Crippen LogP contribution is 2.26. The maximum atomic E-state index is 12.6. The largest absolute Gasteiger partial charge is 0.475 e. The van der Waals surface area contributed by atoms with Gasteiger partial charge in [-0.1, -0.05) is 18.2 Å². The van der Waals surface area contributed by atoms with Crippen LogP contribution in [-0.2, 0) is 11.3 Å². The monoisotopic (exact) mass is 398 g/mol. The number of hydrogen-bond donors (Lipinski definition) is 1. The highest BCUT2D eigenvalue weighted by molar-refractivity contribution is 5.79. The number of carbonyl (C=O) groups is 1. The Balaban J connectivity index is 1.74. The first-order valence-corrected chi connectivity index (χ1v) is 8.99. The van der Waals surface area contributed by atoms with E-state index in [1.807, 2.05) is 48.9 Å². The van der Waals surface area contributed by atoms with Crippen molar-refractivity contribution in [2.24, 2.45) is 0 Å². The van der Waals surface area contributed by atoms with Gasteiger partial charge < -0.3 is 10.1 Å². The average Bonchev–Trinajstić information content (AvgIpc) is 3.27. The van der Waals surface area contributed by atoms with Crippen molar-refractivity contribution >= 4 is 11.6 Å². The number of nitrogens with zero attached hydrogens (tertiary/aromatic N) is 5. The summed E-state index contributed by atoms with van der Waals surface area (Å²) in [5.74, 6) is -0.457. The lowest BCUT2D eigenvalue weighted by Gasteiger charge is -2.12. The lowest BCUT2D eigenvalue weighted by Crippen LogP contribution is -2.31. The number of aryl methyl sites for hydroxylation is 1. The number of para-hydroxylation sites is 1. The molecule has 29 heavy (non-hydrogen) atoms. The Bertz CT molecular complexity index is 1040. The molecule has 1 atom stereocenters. The minimum Gasteiger partial charge on any atom is -0.475 e. The van der Waals surface area contributed by atoms with Gasteiger partial charge in [0, 0.05) is 17.8 Å². The lowest BCUT2D eigenvalue weighted by molar-refractivity contribution is -0.385. The molecule has 1 N–H and O–H groups in total. The number of carbonyl (C=O) groups excluding carboxylic acids is 1. The number of ether oxygens (including phenoxy) is 1. The molecule has 1 amide bonds. The van der Waals surface area contributed by atoms with Crippen molar-refractivity contribution in [1.82, 2.24) is 24.9 Å². The second-order valence-electron chi connectivity index (χ2n) is 6.55. The molecule has 152 valence electrons. The van der Waals surface area contributed by atoms with E-state index in [1.165, 1.54) is 18.0 Å². The van der Waals surface area contributed by atoms with Crippen LogP contribution in [0.1, 0.15) is 29.9 Å². The molecule has 0 spiro atoms. The molecule has 0 aliphatic rings. The van der Waals surface area contributed by atoms with E-state index in [2.05, 4.69) is 15.5 Å². The maximum absolute atomic E-state index is 12.6. The number of rotatable bonds is 7. The number of nitro groups is 1. The first kappa shape index (κ1) is 20.1. The van der Waals surface area contributed by atoms with Gasteiger partial charge in [-0.25, -0.2) is 9.36 Å².